The number of anilines is 1. The van der Waals surface area contributed by atoms with Crippen molar-refractivity contribution >= 4 is 5.69 Å². The number of benzene rings is 1. The van der Waals surface area contributed by atoms with E-state index in [1.807, 2.05) is 25.3 Å². The molecule has 0 fully saturated rings. The van der Waals surface area contributed by atoms with Gasteiger partial charge in [-0.2, -0.15) is 10.4 Å². The Kier molecular flexibility index (Phi) is 2.14. The van der Waals surface area contributed by atoms with Gasteiger partial charge >= 0.3 is 0 Å². The Morgan fingerprint density at radius 2 is 2.27 bits per heavy atom. The average molecular weight is 198 g/mol. The van der Waals surface area contributed by atoms with Crippen molar-refractivity contribution in [3.63, 3.8) is 0 Å². The van der Waals surface area contributed by atoms with E-state index in [9.17, 15) is 0 Å². The number of rotatable bonds is 1. The fraction of sp³-hybridized carbons (Fsp3) is 0.0909. The summed E-state index contributed by atoms with van der Waals surface area (Å²) in [5.74, 6) is 0. The molecule has 4 nitrogen and oxygen atoms in total. The molecular formula is C11H10N4. The van der Waals surface area contributed by atoms with E-state index in [4.69, 9.17) is 11.0 Å². The topological polar surface area (TPSA) is 67.6 Å². The number of aromatic nitrogens is 2. The van der Waals surface area contributed by atoms with Crippen LogP contribution in [0, 0.1) is 18.3 Å². The molecule has 0 aliphatic heterocycles. The summed E-state index contributed by atoms with van der Waals surface area (Å²) in [7, 11) is 0. The molecule has 0 atom stereocenters. The second-order valence-corrected chi connectivity index (χ2v) is 3.35. The van der Waals surface area contributed by atoms with E-state index in [1.54, 1.807) is 23.0 Å². The van der Waals surface area contributed by atoms with E-state index in [2.05, 4.69) is 5.10 Å². The minimum atomic E-state index is 0.475. The van der Waals surface area contributed by atoms with E-state index in [1.165, 1.54) is 0 Å². The molecular weight excluding hydrogens is 188 g/mol. The molecule has 2 N–H and O–H groups in total. The molecule has 2 aromatic rings. The Morgan fingerprint density at radius 3 is 2.80 bits per heavy atom. The van der Waals surface area contributed by atoms with E-state index in [-0.39, 0.29) is 0 Å². The zero-order valence-corrected chi connectivity index (χ0v) is 8.31. The van der Waals surface area contributed by atoms with E-state index in [0.717, 1.165) is 11.3 Å². The SMILES string of the molecule is Cc1cnn(-c2ccc(C#N)c(N)c2)c1. The molecule has 0 saturated carbocycles. The highest BCUT2D eigenvalue weighted by Crippen LogP contribution is 2.16. The lowest BCUT2D eigenvalue weighted by molar-refractivity contribution is 0.880. The van der Waals surface area contributed by atoms with Crippen molar-refractivity contribution in [2.24, 2.45) is 0 Å². The highest BCUT2D eigenvalue weighted by molar-refractivity contribution is 5.58. The van der Waals surface area contributed by atoms with Crippen LogP contribution in [0.4, 0.5) is 5.69 Å². The number of aryl methyl sites for hydroxylation is 1. The van der Waals surface area contributed by atoms with Crippen LogP contribution in [-0.4, -0.2) is 9.78 Å². The lowest BCUT2D eigenvalue weighted by Crippen LogP contribution is -1.97. The molecule has 0 radical (unpaired) electrons. The molecule has 0 saturated heterocycles. The molecule has 74 valence electrons. The van der Waals surface area contributed by atoms with Gasteiger partial charge in [-0.25, -0.2) is 4.68 Å². The Balaban J connectivity index is 2.48. The second-order valence-electron chi connectivity index (χ2n) is 3.35. The van der Waals surface area contributed by atoms with Crippen molar-refractivity contribution in [2.75, 3.05) is 5.73 Å². The lowest BCUT2D eigenvalue weighted by Gasteiger charge is -2.03. The third-order valence-corrected chi connectivity index (χ3v) is 2.13. The largest absolute Gasteiger partial charge is 0.398 e. The van der Waals surface area contributed by atoms with Crippen LogP contribution >= 0.6 is 0 Å². The first-order valence-corrected chi connectivity index (χ1v) is 4.52. The van der Waals surface area contributed by atoms with Gasteiger partial charge in [-0.1, -0.05) is 0 Å². The van der Waals surface area contributed by atoms with Gasteiger partial charge in [-0.15, -0.1) is 0 Å². The summed E-state index contributed by atoms with van der Waals surface area (Å²) in [6, 6.07) is 7.28. The van der Waals surface area contributed by atoms with Gasteiger partial charge in [0.1, 0.15) is 6.07 Å². The molecule has 2 rings (SSSR count). The first kappa shape index (κ1) is 9.28. The summed E-state index contributed by atoms with van der Waals surface area (Å²) in [6.07, 6.45) is 3.68. The number of hydrogen-bond donors (Lipinski definition) is 1. The van der Waals surface area contributed by atoms with E-state index < -0.39 is 0 Å². The van der Waals surface area contributed by atoms with Crippen molar-refractivity contribution < 1.29 is 0 Å². The van der Waals surface area contributed by atoms with Crippen LogP contribution in [0.15, 0.2) is 30.6 Å². The lowest BCUT2D eigenvalue weighted by atomic mass is 10.2. The van der Waals surface area contributed by atoms with Crippen molar-refractivity contribution in [3.05, 3.63) is 41.7 Å². The zero-order valence-electron chi connectivity index (χ0n) is 8.31. The Hall–Kier alpha value is -2.28. The number of nitrogens with zero attached hydrogens (tertiary/aromatic N) is 3. The van der Waals surface area contributed by atoms with Crippen LogP contribution in [0.5, 0.6) is 0 Å². The fourth-order valence-corrected chi connectivity index (χ4v) is 1.35. The van der Waals surface area contributed by atoms with Gasteiger partial charge in [0.2, 0.25) is 0 Å². The van der Waals surface area contributed by atoms with Crippen molar-refractivity contribution in [3.8, 4) is 11.8 Å². The van der Waals surface area contributed by atoms with Gasteiger partial charge in [-0.3, -0.25) is 0 Å². The predicted molar refractivity (Wildman–Crippen MR) is 57.4 cm³/mol. The molecule has 0 bridgehead atoms. The molecule has 4 heteroatoms. The quantitative estimate of drug-likeness (QED) is 0.708. The second kappa shape index (κ2) is 3.46. The summed E-state index contributed by atoms with van der Waals surface area (Å²) < 4.78 is 1.73. The Morgan fingerprint density at radius 1 is 1.47 bits per heavy atom. The maximum Gasteiger partial charge on any atom is 0.101 e. The van der Waals surface area contributed by atoms with Crippen LogP contribution in [0.2, 0.25) is 0 Å². The van der Waals surface area contributed by atoms with Gasteiger partial charge in [0.05, 0.1) is 23.1 Å². The Bertz CT molecular complexity index is 534. The summed E-state index contributed by atoms with van der Waals surface area (Å²) in [6.45, 7) is 1.97. The molecule has 1 aromatic heterocycles. The Labute approximate surface area is 87.6 Å². The van der Waals surface area contributed by atoms with E-state index in [0.29, 0.717) is 11.3 Å². The van der Waals surface area contributed by atoms with Crippen LogP contribution in [-0.2, 0) is 0 Å². The number of nitrogens with two attached hydrogens (primary N) is 1. The summed E-state index contributed by atoms with van der Waals surface area (Å²) in [4.78, 5) is 0. The first-order valence-electron chi connectivity index (χ1n) is 4.52. The third kappa shape index (κ3) is 1.67. The smallest absolute Gasteiger partial charge is 0.101 e. The van der Waals surface area contributed by atoms with Crippen LogP contribution in [0.1, 0.15) is 11.1 Å². The summed E-state index contributed by atoms with van der Waals surface area (Å²) in [5, 5.41) is 12.9. The fourth-order valence-electron chi connectivity index (χ4n) is 1.35. The normalized spacial score (nSPS) is 9.87. The monoisotopic (exact) mass is 198 g/mol. The minimum Gasteiger partial charge on any atom is -0.398 e. The van der Waals surface area contributed by atoms with Gasteiger partial charge in [-0.05, 0) is 30.7 Å². The number of nitriles is 1. The van der Waals surface area contributed by atoms with Crippen LogP contribution in [0.25, 0.3) is 5.69 Å². The zero-order chi connectivity index (χ0) is 10.8. The van der Waals surface area contributed by atoms with Crippen molar-refractivity contribution in [1.82, 2.24) is 9.78 Å². The molecule has 0 aliphatic rings. The maximum atomic E-state index is 8.73. The molecule has 15 heavy (non-hydrogen) atoms. The first-order chi connectivity index (χ1) is 7.20. The van der Waals surface area contributed by atoms with Crippen LogP contribution in [0.3, 0.4) is 0 Å². The average Bonchev–Trinajstić information content (AvgIpc) is 2.65. The maximum absolute atomic E-state index is 8.73. The molecule has 1 aromatic carbocycles. The van der Waals surface area contributed by atoms with Gasteiger partial charge in [0.25, 0.3) is 0 Å². The standard InChI is InChI=1S/C11H10N4/c1-8-6-14-15(7-8)10-3-2-9(5-12)11(13)4-10/h2-4,6-7H,13H2,1H3. The highest BCUT2D eigenvalue weighted by Gasteiger charge is 2.02. The molecule has 1 heterocycles. The van der Waals surface area contributed by atoms with Gasteiger partial charge in [0.15, 0.2) is 0 Å². The summed E-state index contributed by atoms with van der Waals surface area (Å²) >= 11 is 0. The van der Waals surface area contributed by atoms with Gasteiger partial charge < -0.3 is 5.73 Å². The molecule has 0 unspecified atom stereocenters. The summed E-state index contributed by atoms with van der Waals surface area (Å²) in [5.41, 5.74) is 8.62. The molecule has 0 aliphatic carbocycles. The van der Waals surface area contributed by atoms with Crippen LogP contribution < -0.4 is 5.73 Å². The predicted octanol–water partition coefficient (Wildman–Crippen LogP) is 1.63. The van der Waals surface area contributed by atoms with Crippen molar-refractivity contribution in [1.29, 1.82) is 5.26 Å². The molecule has 0 amide bonds. The number of nitrogen functional groups attached to an aromatic ring is 1. The minimum absolute atomic E-state index is 0.475. The number of hydrogen-bond acceptors (Lipinski definition) is 3. The molecule has 0 spiro atoms. The van der Waals surface area contributed by atoms with Crippen molar-refractivity contribution in [2.45, 2.75) is 6.92 Å². The highest BCUT2D eigenvalue weighted by atomic mass is 15.3. The van der Waals surface area contributed by atoms with E-state index >= 15 is 0 Å². The van der Waals surface area contributed by atoms with Gasteiger partial charge in [0, 0.05) is 6.20 Å². The third-order valence-electron chi connectivity index (χ3n) is 2.13.